The van der Waals surface area contributed by atoms with Crippen LogP contribution >= 0.6 is 0 Å². The summed E-state index contributed by atoms with van der Waals surface area (Å²) in [7, 11) is 1.42. The molecule has 8 nitrogen and oxygen atoms in total. The highest BCUT2D eigenvalue weighted by Crippen LogP contribution is 2.28. The zero-order valence-corrected chi connectivity index (χ0v) is 12.6. The summed E-state index contributed by atoms with van der Waals surface area (Å²) in [4.78, 5) is 24.2. The molecular weight excluding hydrogens is 300 g/mol. The molecule has 0 bridgehead atoms. The number of hydrogen-bond donors (Lipinski definition) is 1. The highest BCUT2D eigenvalue weighted by atomic mass is 16.6. The molecule has 1 saturated heterocycles. The highest BCUT2D eigenvalue weighted by Gasteiger charge is 2.18. The quantitative estimate of drug-likeness (QED) is 0.385. The second-order valence-electron chi connectivity index (χ2n) is 4.85. The molecule has 120 valence electrons. The van der Waals surface area contributed by atoms with Crippen LogP contribution in [0.5, 0.6) is 0 Å². The lowest BCUT2D eigenvalue weighted by Crippen LogP contribution is -2.36. The van der Waals surface area contributed by atoms with Crippen molar-refractivity contribution < 1.29 is 14.5 Å². The summed E-state index contributed by atoms with van der Waals surface area (Å²) in [6, 6.07) is 6.23. The Kier molecular flexibility index (Phi) is 5.28. The maximum Gasteiger partial charge on any atom is 0.270 e. The summed E-state index contributed by atoms with van der Waals surface area (Å²) in [5.41, 5.74) is 0.988. The Bertz CT molecular complexity index is 687. The average molecular weight is 316 g/mol. The Labute approximate surface area is 133 Å². The number of anilines is 1. The number of nitriles is 1. The fourth-order valence-corrected chi connectivity index (χ4v) is 2.30. The molecule has 23 heavy (non-hydrogen) atoms. The molecule has 1 aromatic rings. The van der Waals surface area contributed by atoms with Gasteiger partial charge in [0.15, 0.2) is 0 Å². The summed E-state index contributed by atoms with van der Waals surface area (Å²) in [5, 5.41) is 22.5. The number of carbonyl (C=O) groups excluding carboxylic acids is 1. The number of nitro benzene ring substituents is 1. The van der Waals surface area contributed by atoms with E-state index in [4.69, 9.17) is 10.00 Å². The Hall–Kier alpha value is -2.92. The Morgan fingerprint density at radius 3 is 2.74 bits per heavy atom. The fourth-order valence-electron chi connectivity index (χ4n) is 2.30. The van der Waals surface area contributed by atoms with Gasteiger partial charge in [0, 0.05) is 43.5 Å². The van der Waals surface area contributed by atoms with E-state index in [9.17, 15) is 14.9 Å². The molecule has 0 unspecified atom stereocenters. The number of rotatable bonds is 4. The van der Waals surface area contributed by atoms with Crippen LogP contribution in [0, 0.1) is 21.4 Å². The minimum atomic E-state index is -0.535. The van der Waals surface area contributed by atoms with Gasteiger partial charge in [0.1, 0.15) is 11.6 Å². The van der Waals surface area contributed by atoms with Crippen LogP contribution in [-0.4, -0.2) is 44.2 Å². The number of nitrogens with one attached hydrogen (secondary N) is 1. The van der Waals surface area contributed by atoms with Gasteiger partial charge in [-0.15, -0.1) is 0 Å². The van der Waals surface area contributed by atoms with Crippen LogP contribution in [0.1, 0.15) is 5.56 Å². The van der Waals surface area contributed by atoms with E-state index in [2.05, 4.69) is 5.32 Å². The molecule has 1 N–H and O–H groups in total. The number of likely N-dealkylation sites (N-methyl/N-ethyl adjacent to an activating group) is 1. The summed E-state index contributed by atoms with van der Waals surface area (Å²) < 4.78 is 5.30. The predicted octanol–water partition coefficient (Wildman–Crippen LogP) is 1.08. The van der Waals surface area contributed by atoms with Gasteiger partial charge in [-0.1, -0.05) is 0 Å². The molecular formula is C15H16N4O4. The molecule has 2 rings (SSSR count). The van der Waals surface area contributed by atoms with Crippen LogP contribution in [0.2, 0.25) is 0 Å². The predicted molar refractivity (Wildman–Crippen MR) is 83.8 cm³/mol. The molecule has 0 spiro atoms. The van der Waals surface area contributed by atoms with Crippen LogP contribution in [0.3, 0.4) is 0 Å². The van der Waals surface area contributed by atoms with Crippen LogP contribution in [0.4, 0.5) is 11.4 Å². The maximum absolute atomic E-state index is 11.7. The van der Waals surface area contributed by atoms with E-state index in [-0.39, 0.29) is 11.3 Å². The Morgan fingerprint density at radius 1 is 1.48 bits per heavy atom. The molecule has 0 radical (unpaired) electrons. The molecule has 1 amide bonds. The van der Waals surface area contributed by atoms with Crippen LogP contribution < -0.4 is 10.2 Å². The third-order valence-corrected chi connectivity index (χ3v) is 3.47. The van der Waals surface area contributed by atoms with Gasteiger partial charge in [0.2, 0.25) is 0 Å². The first-order valence-corrected chi connectivity index (χ1v) is 7.02. The van der Waals surface area contributed by atoms with Crippen molar-refractivity contribution in [3.8, 4) is 6.07 Å². The van der Waals surface area contributed by atoms with Crippen molar-refractivity contribution in [2.45, 2.75) is 0 Å². The monoisotopic (exact) mass is 316 g/mol. The normalized spacial score (nSPS) is 15.0. The fraction of sp³-hybridized carbons (Fsp3) is 0.333. The number of ether oxygens (including phenoxy) is 1. The topological polar surface area (TPSA) is 108 Å². The number of nitro groups is 1. The van der Waals surface area contributed by atoms with Crippen molar-refractivity contribution in [1.82, 2.24) is 5.32 Å². The lowest BCUT2D eigenvalue weighted by Gasteiger charge is -2.30. The van der Waals surface area contributed by atoms with Gasteiger partial charge in [0.25, 0.3) is 11.6 Å². The number of nitrogens with zero attached hydrogens (tertiary/aromatic N) is 3. The molecule has 1 aliphatic rings. The van der Waals surface area contributed by atoms with Crippen LogP contribution in [0.15, 0.2) is 23.8 Å². The second kappa shape index (κ2) is 7.38. The summed E-state index contributed by atoms with van der Waals surface area (Å²) in [5.74, 6) is -0.535. The van der Waals surface area contributed by atoms with Gasteiger partial charge < -0.3 is 15.0 Å². The molecule has 0 atom stereocenters. The van der Waals surface area contributed by atoms with Crippen molar-refractivity contribution in [3.05, 3.63) is 39.4 Å². The number of hydrogen-bond acceptors (Lipinski definition) is 6. The largest absolute Gasteiger partial charge is 0.378 e. The van der Waals surface area contributed by atoms with Gasteiger partial charge in [0.05, 0.1) is 18.1 Å². The van der Waals surface area contributed by atoms with Gasteiger partial charge in [-0.2, -0.15) is 5.26 Å². The van der Waals surface area contributed by atoms with Crippen LogP contribution in [-0.2, 0) is 9.53 Å². The number of non-ortho nitro benzene ring substituents is 1. The molecule has 1 aromatic carbocycles. The van der Waals surface area contributed by atoms with Crippen molar-refractivity contribution in [3.63, 3.8) is 0 Å². The Balaban J connectivity index is 2.50. The smallest absolute Gasteiger partial charge is 0.270 e. The van der Waals surface area contributed by atoms with E-state index < -0.39 is 10.8 Å². The molecule has 0 aromatic heterocycles. The maximum atomic E-state index is 11.7. The Morgan fingerprint density at radius 2 is 2.17 bits per heavy atom. The second-order valence-corrected chi connectivity index (χ2v) is 4.85. The summed E-state index contributed by atoms with van der Waals surface area (Å²) in [6.45, 7) is 2.39. The third-order valence-electron chi connectivity index (χ3n) is 3.47. The molecule has 0 aliphatic carbocycles. The van der Waals surface area contributed by atoms with E-state index in [0.717, 1.165) is 5.69 Å². The van der Waals surface area contributed by atoms with E-state index in [0.29, 0.717) is 31.9 Å². The zero-order valence-electron chi connectivity index (χ0n) is 12.6. The van der Waals surface area contributed by atoms with Crippen LogP contribution in [0.25, 0.3) is 6.08 Å². The minimum Gasteiger partial charge on any atom is -0.378 e. The van der Waals surface area contributed by atoms with Gasteiger partial charge in [-0.05, 0) is 12.1 Å². The van der Waals surface area contributed by atoms with E-state index >= 15 is 0 Å². The van der Waals surface area contributed by atoms with Gasteiger partial charge in [-0.3, -0.25) is 14.9 Å². The molecule has 1 fully saturated rings. The van der Waals surface area contributed by atoms with Gasteiger partial charge >= 0.3 is 0 Å². The lowest BCUT2D eigenvalue weighted by atomic mass is 10.1. The SMILES string of the molecule is CNC(=O)/C(C#N)=C/c1cc([N+](=O)[O-])ccc1N1CCOCC1. The number of amides is 1. The average Bonchev–Trinajstić information content (AvgIpc) is 2.59. The zero-order chi connectivity index (χ0) is 16.8. The molecule has 1 heterocycles. The van der Waals surface area contributed by atoms with E-state index in [1.165, 1.54) is 25.3 Å². The third kappa shape index (κ3) is 3.84. The van der Waals surface area contributed by atoms with Crippen molar-refractivity contribution in [2.24, 2.45) is 0 Å². The van der Waals surface area contributed by atoms with Crippen molar-refractivity contribution >= 4 is 23.4 Å². The first kappa shape index (κ1) is 16.5. The highest BCUT2D eigenvalue weighted by molar-refractivity contribution is 6.02. The van der Waals surface area contributed by atoms with Gasteiger partial charge in [-0.25, -0.2) is 0 Å². The first-order valence-electron chi connectivity index (χ1n) is 7.02. The summed E-state index contributed by atoms with van der Waals surface area (Å²) >= 11 is 0. The summed E-state index contributed by atoms with van der Waals surface area (Å²) in [6.07, 6.45) is 1.37. The van der Waals surface area contributed by atoms with Crippen molar-refractivity contribution in [1.29, 1.82) is 5.26 Å². The minimum absolute atomic E-state index is 0.0949. The number of morpholine rings is 1. The lowest BCUT2D eigenvalue weighted by molar-refractivity contribution is -0.384. The molecule has 8 heteroatoms. The molecule has 1 aliphatic heterocycles. The number of benzene rings is 1. The van der Waals surface area contributed by atoms with E-state index in [1.807, 2.05) is 11.0 Å². The first-order chi connectivity index (χ1) is 11.1. The molecule has 0 saturated carbocycles. The number of carbonyl (C=O) groups is 1. The van der Waals surface area contributed by atoms with Crippen molar-refractivity contribution in [2.75, 3.05) is 38.3 Å². The standard InChI is InChI=1S/C15H16N4O4/c1-17-15(20)12(10-16)8-11-9-13(19(21)22)2-3-14(11)18-4-6-23-7-5-18/h2-3,8-9H,4-7H2,1H3,(H,17,20)/b12-8+. The van der Waals surface area contributed by atoms with E-state index in [1.54, 1.807) is 6.07 Å².